The maximum Gasteiger partial charge on any atom is 0.513 e. The van der Waals surface area contributed by atoms with Crippen LogP contribution in [0.1, 0.15) is 38.5 Å². The smallest absolute Gasteiger partial charge is 0.507 e. The number of imidazole rings is 1. The summed E-state index contributed by atoms with van der Waals surface area (Å²) in [6, 6.07) is 8.06. The first-order valence-electron chi connectivity index (χ1n) is 10.4. The molecule has 1 atom stereocenters. The minimum absolute atomic E-state index is 0.0150. The van der Waals surface area contributed by atoms with Crippen LogP contribution in [0.5, 0.6) is 17.2 Å². The zero-order valence-corrected chi connectivity index (χ0v) is 18.7. The van der Waals surface area contributed by atoms with Crippen LogP contribution < -0.4 is 25.2 Å². The first-order chi connectivity index (χ1) is 15.8. The monoisotopic (exact) mass is 455 g/mol. The molecule has 4 rings (SSSR count). The fraction of sp³-hybridized carbons (Fsp3) is 0.318. The molecule has 33 heavy (non-hydrogen) atoms. The number of methoxy groups -OCH3 is 1. The molecule has 11 nitrogen and oxygen atoms in total. The van der Waals surface area contributed by atoms with E-state index in [9.17, 15) is 14.7 Å². The summed E-state index contributed by atoms with van der Waals surface area (Å²) >= 11 is 0. The Hall–Kier alpha value is -3.99. The summed E-state index contributed by atoms with van der Waals surface area (Å²) in [5.41, 5.74) is 7.87. The van der Waals surface area contributed by atoms with Gasteiger partial charge in [0.2, 0.25) is 0 Å². The van der Waals surface area contributed by atoms with Crippen molar-refractivity contribution in [2.75, 3.05) is 18.6 Å². The third-order valence-electron chi connectivity index (χ3n) is 5.25. The number of phenolic OH excluding ortho intramolecular Hbond substituents is 1. The molecule has 2 amide bonds. The van der Waals surface area contributed by atoms with Crippen LogP contribution in [0.3, 0.4) is 0 Å². The highest BCUT2D eigenvalue weighted by Crippen LogP contribution is 2.41. The molecule has 1 aliphatic rings. The number of aromatic nitrogens is 2. The summed E-state index contributed by atoms with van der Waals surface area (Å²) < 4.78 is 17.2. The number of anilines is 1. The predicted molar refractivity (Wildman–Crippen MR) is 119 cm³/mol. The molecule has 1 aromatic heterocycles. The van der Waals surface area contributed by atoms with Crippen LogP contribution in [0.2, 0.25) is 0 Å². The molecule has 1 fully saturated rings. The molecule has 0 spiro atoms. The minimum atomic E-state index is -0.923. The molecule has 1 saturated heterocycles. The Balaban J connectivity index is 1.76. The molecule has 1 aliphatic heterocycles. The molecule has 0 saturated carbocycles. The Labute approximate surface area is 189 Å². The zero-order chi connectivity index (χ0) is 23.7. The summed E-state index contributed by atoms with van der Waals surface area (Å²) in [6.45, 7) is 5.88. The fourth-order valence-corrected chi connectivity index (χ4v) is 3.75. The summed E-state index contributed by atoms with van der Waals surface area (Å²) in [5, 5.41) is 10.7. The lowest BCUT2D eigenvalue weighted by Gasteiger charge is -2.24. The van der Waals surface area contributed by atoms with Gasteiger partial charge < -0.3 is 23.9 Å². The molecule has 0 bridgehead atoms. The number of nitrogens with one attached hydrogen (secondary N) is 2. The van der Waals surface area contributed by atoms with E-state index in [1.54, 1.807) is 19.3 Å². The molecule has 3 N–H and O–H groups in total. The second-order valence-corrected chi connectivity index (χ2v) is 7.58. The van der Waals surface area contributed by atoms with Crippen molar-refractivity contribution >= 4 is 28.9 Å². The van der Waals surface area contributed by atoms with Crippen molar-refractivity contribution in [3.63, 3.8) is 0 Å². The molecule has 3 aromatic rings. The second-order valence-electron chi connectivity index (χ2n) is 7.58. The van der Waals surface area contributed by atoms with Gasteiger partial charge >= 0.3 is 12.2 Å². The number of nitrogens with zero attached hydrogens (tertiary/aromatic N) is 3. The number of carbonyl (C=O) groups is 2. The summed E-state index contributed by atoms with van der Waals surface area (Å²) in [6.07, 6.45) is 0.0164. The largest absolute Gasteiger partial charge is 0.513 e. The Bertz CT molecular complexity index is 1210. The van der Waals surface area contributed by atoms with E-state index in [2.05, 4.69) is 15.8 Å². The number of carbonyl (C=O) groups excluding carboxylic acids is 2. The van der Waals surface area contributed by atoms with Crippen LogP contribution in [0.15, 0.2) is 36.7 Å². The molecular formula is C22H25N5O6. The van der Waals surface area contributed by atoms with E-state index < -0.39 is 18.4 Å². The normalized spacial score (nSPS) is 15.7. The van der Waals surface area contributed by atoms with Gasteiger partial charge in [-0.15, -0.1) is 0 Å². The number of hydrogen-bond donors (Lipinski definition) is 3. The third-order valence-corrected chi connectivity index (χ3v) is 5.25. The lowest BCUT2D eigenvalue weighted by atomic mass is 10.1. The summed E-state index contributed by atoms with van der Waals surface area (Å²) in [7, 11) is 1.40. The highest BCUT2D eigenvalue weighted by Gasteiger charge is 2.37. The highest BCUT2D eigenvalue weighted by molar-refractivity contribution is 6.02. The first-order valence-corrected chi connectivity index (χ1v) is 10.4. The number of para-hydroxylation sites is 1. The Morgan fingerprint density at radius 2 is 2.06 bits per heavy atom. The number of benzene rings is 2. The van der Waals surface area contributed by atoms with Crippen molar-refractivity contribution in [3.05, 3.63) is 42.2 Å². The van der Waals surface area contributed by atoms with Gasteiger partial charge in [0, 0.05) is 17.7 Å². The molecule has 174 valence electrons. The number of rotatable bonds is 6. The van der Waals surface area contributed by atoms with E-state index in [-0.39, 0.29) is 29.9 Å². The number of urea groups is 1. The number of ether oxygens (including phenoxy) is 3. The molecule has 0 aliphatic carbocycles. The number of hydrogen-bond acceptors (Lipinski definition) is 8. The van der Waals surface area contributed by atoms with Crippen LogP contribution in [0.25, 0.3) is 11.0 Å². The van der Waals surface area contributed by atoms with E-state index in [4.69, 9.17) is 14.2 Å². The number of phenols is 1. The van der Waals surface area contributed by atoms with Crippen LogP contribution in [0, 0.1) is 0 Å². The maximum atomic E-state index is 12.8. The van der Waals surface area contributed by atoms with Crippen LogP contribution in [-0.2, 0) is 4.74 Å². The Morgan fingerprint density at radius 3 is 2.76 bits per heavy atom. The van der Waals surface area contributed by atoms with Crippen LogP contribution in [-0.4, -0.2) is 40.6 Å². The zero-order valence-electron chi connectivity index (χ0n) is 18.7. The number of amides is 2. The highest BCUT2D eigenvalue weighted by atomic mass is 16.7. The lowest BCUT2D eigenvalue weighted by Crippen LogP contribution is -2.30. The number of hydrazine groups is 1. The van der Waals surface area contributed by atoms with Gasteiger partial charge in [-0.1, -0.05) is 6.07 Å². The number of aromatic hydroxyl groups is 1. The van der Waals surface area contributed by atoms with E-state index >= 15 is 0 Å². The van der Waals surface area contributed by atoms with E-state index in [1.807, 2.05) is 30.5 Å². The van der Waals surface area contributed by atoms with Crippen LogP contribution >= 0.6 is 0 Å². The fourth-order valence-electron chi connectivity index (χ4n) is 3.75. The molecule has 0 radical (unpaired) electrons. The van der Waals surface area contributed by atoms with Crippen molar-refractivity contribution in [1.82, 2.24) is 20.4 Å². The topological polar surface area (TPSA) is 127 Å². The maximum absolute atomic E-state index is 12.8. The van der Waals surface area contributed by atoms with Gasteiger partial charge in [0.05, 0.1) is 31.2 Å². The van der Waals surface area contributed by atoms with Crippen molar-refractivity contribution in [1.29, 1.82) is 0 Å². The third kappa shape index (κ3) is 3.98. The van der Waals surface area contributed by atoms with E-state index in [0.717, 1.165) is 5.52 Å². The van der Waals surface area contributed by atoms with Gasteiger partial charge in [0.25, 0.3) is 0 Å². The van der Waals surface area contributed by atoms with Gasteiger partial charge in [-0.3, -0.25) is 10.3 Å². The van der Waals surface area contributed by atoms with Crippen molar-refractivity contribution in [3.8, 4) is 17.2 Å². The van der Waals surface area contributed by atoms with Gasteiger partial charge in [0.15, 0.2) is 11.5 Å². The molecule has 11 heteroatoms. The second kappa shape index (κ2) is 8.87. The van der Waals surface area contributed by atoms with Gasteiger partial charge in [0.1, 0.15) is 17.4 Å². The average Bonchev–Trinajstić information content (AvgIpc) is 3.38. The average molecular weight is 455 g/mol. The quantitative estimate of drug-likeness (QED) is 0.380. The van der Waals surface area contributed by atoms with Crippen molar-refractivity contribution in [2.24, 2.45) is 0 Å². The van der Waals surface area contributed by atoms with Gasteiger partial charge in [-0.2, -0.15) is 0 Å². The summed E-state index contributed by atoms with van der Waals surface area (Å²) in [4.78, 5) is 30.5. The Morgan fingerprint density at radius 1 is 1.27 bits per heavy atom. The van der Waals surface area contributed by atoms with E-state index in [0.29, 0.717) is 16.8 Å². The molecular weight excluding hydrogens is 430 g/mol. The van der Waals surface area contributed by atoms with Crippen LogP contribution in [0.4, 0.5) is 15.3 Å². The standard InChI is InChI=1S/C22H25N5O6/c1-5-32-22(30)33-18-10-16(28)13(9-17(18)31-4)20-24-25-21(29)27(20)15-8-6-7-14-19(15)23-11-26(14)12(2)3/h6-12,20,24,28H,5H2,1-4H3,(H,25,29). The lowest BCUT2D eigenvalue weighted by molar-refractivity contribution is 0.103. The number of fused-ring (bicyclic) bond motifs is 1. The molecule has 2 heterocycles. The van der Waals surface area contributed by atoms with Gasteiger partial charge in [-0.05, 0) is 39.0 Å². The summed E-state index contributed by atoms with van der Waals surface area (Å²) in [5.74, 6) is -0.0490. The SMILES string of the molecule is CCOC(=O)Oc1cc(O)c(C2NNC(=O)N2c2cccc3c2ncn3C(C)C)cc1OC. The molecule has 1 unspecified atom stereocenters. The Kier molecular flexibility index (Phi) is 5.97. The van der Waals surface area contributed by atoms with Crippen molar-refractivity contribution in [2.45, 2.75) is 33.0 Å². The molecule has 2 aromatic carbocycles. The van der Waals surface area contributed by atoms with Gasteiger partial charge in [-0.25, -0.2) is 20.0 Å². The van der Waals surface area contributed by atoms with Crippen molar-refractivity contribution < 1.29 is 28.9 Å². The first kappa shape index (κ1) is 22.2. The predicted octanol–water partition coefficient (Wildman–Crippen LogP) is 3.60. The minimum Gasteiger partial charge on any atom is -0.507 e. The van der Waals surface area contributed by atoms with E-state index in [1.165, 1.54) is 24.1 Å².